The zero-order valence-corrected chi connectivity index (χ0v) is 12.0. The van der Waals surface area contributed by atoms with Crippen molar-refractivity contribution in [1.82, 2.24) is 4.98 Å². The fraction of sp³-hybridized carbons (Fsp3) is 0.438. The van der Waals surface area contributed by atoms with Crippen LogP contribution in [0.4, 0.5) is 5.69 Å². The van der Waals surface area contributed by atoms with E-state index in [0.717, 1.165) is 25.7 Å². The van der Waals surface area contributed by atoms with E-state index in [9.17, 15) is 14.9 Å². The molecule has 0 spiro atoms. The Hall–Kier alpha value is -2.17. The first-order valence-corrected chi connectivity index (χ1v) is 7.36. The van der Waals surface area contributed by atoms with Crippen LogP contribution in [-0.2, 0) is 0 Å². The van der Waals surface area contributed by atoms with E-state index in [1.165, 1.54) is 6.07 Å². The van der Waals surface area contributed by atoms with Crippen LogP contribution in [0.5, 0.6) is 0 Å². The molecule has 0 atom stereocenters. The maximum atomic E-state index is 12.7. The molecular weight excluding hydrogens is 268 g/mol. The molecule has 1 aromatic heterocycles. The molecule has 1 aromatic carbocycles. The van der Waals surface area contributed by atoms with E-state index in [2.05, 4.69) is 11.9 Å². The lowest BCUT2D eigenvalue weighted by atomic mass is 9.79. The highest BCUT2D eigenvalue weighted by atomic mass is 16.6. The molecule has 2 aromatic rings. The van der Waals surface area contributed by atoms with Crippen molar-refractivity contribution in [1.29, 1.82) is 0 Å². The number of ketones is 1. The molecule has 0 aliphatic heterocycles. The molecule has 1 aliphatic carbocycles. The van der Waals surface area contributed by atoms with Gasteiger partial charge >= 0.3 is 0 Å². The molecule has 0 unspecified atom stereocenters. The number of Topliss-reactive ketones (excluding diaryl/α,β-unsaturated/α-hetero) is 1. The number of nitrogens with zero attached hydrogens (tertiary/aromatic N) is 1. The normalized spacial score (nSPS) is 22.3. The molecule has 0 saturated heterocycles. The molecule has 0 bridgehead atoms. The number of nitrogens with one attached hydrogen (secondary N) is 1. The summed E-state index contributed by atoms with van der Waals surface area (Å²) >= 11 is 0. The first kappa shape index (κ1) is 13.8. The highest BCUT2D eigenvalue weighted by molar-refractivity contribution is 6.10. The van der Waals surface area contributed by atoms with Gasteiger partial charge in [0, 0.05) is 29.1 Å². The van der Waals surface area contributed by atoms with Gasteiger partial charge in [0.2, 0.25) is 0 Å². The molecule has 1 N–H and O–H groups in total. The van der Waals surface area contributed by atoms with Crippen molar-refractivity contribution in [2.24, 2.45) is 11.8 Å². The number of hydrogen-bond acceptors (Lipinski definition) is 3. The van der Waals surface area contributed by atoms with Crippen molar-refractivity contribution < 1.29 is 9.72 Å². The Kier molecular flexibility index (Phi) is 3.49. The van der Waals surface area contributed by atoms with E-state index < -0.39 is 4.92 Å². The summed E-state index contributed by atoms with van der Waals surface area (Å²) in [5.74, 6) is 0.867. The molecule has 3 rings (SSSR count). The van der Waals surface area contributed by atoms with Gasteiger partial charge in [0.25, 0.3) is 5.69 Å². The minimum Gasteiger partial charge on any atom is -0.355 e. The smallest absolute Gasteiger partial charge is 0.293 e. The van der Waals surface area contributed by atoms with E-state index in [1.54, 1.807) is 18.3 Å². The predicted octanol–water partition coefficient (Wildman–Crippen LogP) is 4.09. The molecule has 0 amide bonds. The maximum absolute atomic E-state index is 12.7. The lowest BCUT2D eigenvalue weighted by molar-refractivity contribution is -0.383. The van der Waals surface area contributed by atoms with E-state index in [-0.39, 0.29) is 17.4 Å². The third kappa shape index (κ3) is 2.44. The third-order valence-corrected chi connectivity index (χ3v) is 4.54. The lowest BCUT2D eigenvalue weighted by Gasteiger charge is -2.24. The number of carbonyl (C=O) groups is 1. The molecule has 0 radical (unpaired) electrons. The second kappa shape index (κ2) is 5.31. The average molecular weight is 286 g/mol. The number of carbonyl (C=O) groups excluding carboxylic acids is 1. The van der Waals surface area contributed by atoms with Crippen molar-refractivity contribution >= 4 is 22.4 Å². The van der Waals surface area contributed by atoms with Gasteiger partial charge in [0.05, 0.1) is 4.92 Å². The van der Waals surface area contributed by atoms with Crippen molar-refractivity contribution in [3.8, 4) is 0 Å². The number of non-ortho nitro benzene ring substituents is 1. The molecule has 1 fully saturated rings. The number of para-hydroxylation sites is 1. The maximum Gasteiger partial charge on any atom is 0.293 e. The first-order valence-electron chi connectivity index (χ1n) is 7.36. The molecule has 1 saturated carbocycles. The summed E-state index contributed by atoms with van der Waals surface area (Å²) in [5.41, 5.74) is 1.05. The monoisotopic (exact) mass is 286 g/mol. The first-order chi connectivity index (χ1) is 10.1. The summed E-state index contributed by atoms with van der Waals surface area (Å²) in [6, 6.07) is 4.86. The van der Waals surface area contributed by atoms with Gasteiger partial charge in [-0.25, -0.2) is 0 Å². The summed E-state index contributed by atoms with van der Waals surface area (Å²) in [6.07, 6.45) is 5.62. The number of benzene rings is 1. The Morgan fingerprint density at radius 3 is 2.67 bits per heavy atom. The van der Waals surface area contributed by atoms with E-state index >= 15 is 0 Å². The standard InChI is InChI=1S/C16H18N2O3/c1-10-5-7-11(8-6-10)16(19)13-9-17-15-12(13)3-2-4-14(15)18(20)21/h2-4,9-11,17H,5-8H2,1H3. The Morgan fingerprint density at radius 2 is 2.00 bits per heavy atom. The molecule has 5 heteroatoms. The van der Waals surface area contributed by atoms with Crippen LogP contribution in [0.2, 0.25) is 0 Å². The van der Waals surface area contributed by atoms with Crippen LogP contribution in [0.3, 0.4) is 0 Å². The number of rotatable bonds is 3. The largest absolute Gasteiger partial charge is 0.355 e. The zero-order chi connectivity index (χ0) is 15.0. The highest BCUT2D eigenvalue weighted by Crippen LogP contribution is 2.34. The second-order valence-electron chi connectivity index (χ2n) is 5.98. The Morgan fingerprint density at radius 1 is 1.29 bits per heavy atom. The number of fused-ring (bicyclic) bond motifs is 1. The summed E-state index contributed by atoms with van der Waals surface area (Å²) in [6.45, 7) is 2.22. The summed E-state index contributed by atoms with van der Waals surface area (Å²) in [7, 11) is 0. The van der Waals surface area contributed by atoms with Gasteiger partial charge in [-0.3, -0.25) is 14.9 Å². The van der Waals surface area contributed by atoms with Crippen LogP contribution >= 0.6 is 0 Å². The zero-order valence-electron chi connectivity index (χ0n) is 12.0. The Bertz CT molecular complexity index is 697. The van der Waals surface area contributed by atoms with Crippen molar-refractivity contribution in [2.45, 2.75) is 32.6 Å². The van der Waals surface area contributed by atoms with Gasteiger partial charge in [0.15, 0.2) is 5.78 Å². The molecule has 110 valence electrons. The van der Waals surface area contributed by atoms with Crippen LogP contribution in [-0.4, -0.2) is 15.7 Å². The van der Waals surface area contributed by atoms with Gasteiger partial charge in [0.1, 0.15) is 5.52 Å². The van der Waals surface area contributed by atoms with E-state index in [0.29, 0.717) is 22.4 Å². The van der Waals surface area contributed by atoms with Gasteiger partial charge in [-0.15, -0.1) is 0 Å². The Balaban J connectivity index is 1.96. The van der Waals surface area contributed by atoms with Gasteiger partial charge in [-0.2, -0.15) is 0 Å². The summed E-state index contributed by atoms with van der Waals surface area (Å²) < 4.78 is 0. The van der Waals surface area contributed by atoms with Crippen LogP contribution in [0.1, 0.15) is 43.0 Å². The fourth-order valence-corrected chi connectivity index (χ4v) is 3.24. The van der Waals surface area contributed by atoms with Crippen LogP contribution in [0.15, 0.2) is 24.4 Å². The van der Waals surface area contributed by atoms with Crippen molar-refractivity contribution in [2.75, 3.05) is 0 Å². The van der Waals surface area contributed by atoms with E-state index in [1.807, 2.05) is 0 Å². The minimum atomic E-state index is -0.421. The van der Waals surface area contributed by atoms with Crippen LogP contribution in [0, 0.1) is 22.0 Å². The van der Waals surface area contributed by atoms with Gasteiger partial charge in [-0.1, -0.05) is 31.9 Å². The topological polar surface area (TPSA) is 76.0 Å². The fourth-order valence-electron chi connectivity index (χ4n) is 3.24. The quantitative estimate of drug-likeness (QED) is 0.524. The van der Waals surface area contributed by atoms with Crippen molar-refractivity contribution in [3.63, 3.8) is 0 Å². The van der Waals surface area contributed by atoms with Crippen molar-refractivity contribution in [3.05, 3.63) is 40.1 Å². The summed E-state index contributed by atoms with van der Waals surface area (Å²) in [5, 5.41) is 11.7. The number of hydrogen-bond donors (Lipinski definition) is 1. The summed E-state index contributed by atoms with van der Waals surface area (Å²) in [4.78, 5) is 26.2. The Labute approximate surface area is 122 Å². The average Bonchev–Trinajstić information content (AvgIpc) is 2.90. The van der Waals surface area contributed by atoms with Gasteiger partial charge in [-0.05, 0) is 18.8 Å². The highest BCUT2D eigenvalue weighted by Gasteiger charge is 2.27. The molecule has 5 nitrogen and oxygen atoms in total. The van der Waals surface area contributed by atoms with E-state index in [4.69, 9.17) is 0 Å². The molecule has 21 heavy (non-hydrogen) atoms. The minimum absolute atomic E-state index is 0.0174. The second-order valence-corrected chi connectivity index (χ2v) is 5.98. The molecule has 1 heterocycles. The number of H-pyrrole nitrogens is 1. The lowest BCUT2D eigenvalue weighted by Crippen LogP contribution is -2.20. The third-order valence-electron chi connectivity index (χ3n) is 4.54. The number of aromatic amines is 1. The molecular formula is C16H18N2O3. The molecule has 1 aliphatic rings. The van der Waals surface area contributed by atoms with Gasteiger partial charge < -0.3 is 4.98 Å². The SMILES string of the molecule is CC1CCC(C(=O)c2c[nH]c3c([N+](=O)[O-])cccc23)CC1. The predicted molar refractivity (Wildman–Crippen MR) is 80.4 cm³/mol. The number of nitro benzene ring substituents is 1. The van der Waals surface area contributed by atoms with Crippen LogP contribution < -0.4 is 0 Å². The number of aromatic nitrogens is 1. The number of nitro groups is 1. The van der Waals surface area contributed by atoms with Crippen LogP contribution in [0.25, 0.3) is 10.9 Å².